The van der Waals surface area contributed by atoms with Crippen molar-refractivity contribution >= 4 is 32.6 Å². The van der Waals surface area contributed by atoms with Gasteiger partial charge in [0.2, 0.25) is 15.8 Å². The van der Waals surface area contributed by atoms with Crippen molar-refractivity contribution < 1.29 is 22.7 Å². The molecule has 0 unspecified atom stereocenters. The molecule has 198 valence electrons. The number of sulfonamides is 1. The minimum atomic E-state index is -3.92. The number of hydrogen-bond acceptors (Lipinski definition) is 6. The van der Waals surface area contributed by atoms with Gasteiger partial charge >= 0.3 is 5.97 Å². The monoisotopic (exact) mass is 533 g/mol. The second kappa shape index (κ2) is 11.0. The van der Waals surface area contributed by atoms with Gasteiger partial charge in [-0.2, -0.15) is 4.31 Å². The molecule has 2 N–H and O–H groups in total. The number of nitrogens with zero attached hydrogens (tertiary/aromatic N) is 2. The molecule has 0 aliphatic carbocycles. The van der Waals surface area contributed by atoms with Crippen LogP contribution in [0.4, 0.5) is 5.69 Å². The summed E-state index contributed by atoms with van der Waals surface area (Å²) in [6, 6.07) is 22.3. The average Bonchev–Trinajstić information content (AvgIpc) is 3.28. The molecule has 4 aromatic rings. The number of aryl methyl sites for hydroxylation is 1. The van der Waals surface area contributed by atoms with Crippen molar-refractivity contribution in [1.29, 1.82) is 0 Å². The van der Waals surface area contributed by atoms with Gasteiger partial charge in [-0.1, -0.05) is 48.5 Å². The number of fused-ring (bicyclic) bond motifs is 1. The minimum absolute atomic E-state index is 0.110. The highest BCUT2D eigenvalue weighted by Crippen LogP contribution is 2.31. The summed E-state index contributed by atoms with van der Waals surface area (Å²) in [5.74, 6) is -1.36. The van der Waals surface area contributed by atoms with Crippen molar-refractivity contribution in [2.45, 2.75) is 24.8 Å². The van der Waals surface area contributed by atoms with Gasteiger partial charge < -0.3 is 19.7 Å². The quantitative estimate of drug-likeness (QED) is 0.331. The Morgan fingerprint density at radius 3 is 2.47 bits per heavy atom. The van der Waals surface area contributed by atoms with Crippen molar-refractivity contribution in [3.8, 4) is 0 Å². The molecule has 0 amide bonds. The second-order valence-corrected chi connectivity index (χ2v) is 11.4. The fourth-order valence-electron chi connectivity index (χ4n) is 4.94. The molecule has 9 heteroatoms. The lowest BCUT2D eigenvalue weighted by atomic mass is 10.1. The van der Waals surface area contributed by atoms with Gasteiger partial charge in [0.1, 0.15) is 5.58 Å². The number of aromatic carboxylic acids is 1. The summed E-state index contributed by atoms with van der Waals surface area (Å²) in [6.07, 6.45) is 0.562. The maximum Gasteiger partial charge on any atom is 0.372 e. The van der Waals surface area contributed by atoms with Gasteiger partial charge in [-0.25, -0.2) is 13.2 Å². The number of para-hydroxylation sites is 1. The average molecular weight is 534 g/mol. The van der Waals surface area contributed by atoms with Gasteiger partial charge in [0.25, 0.3) is 0 Å². The Kier molecular flexibility index (Phi) is 7.51. The molecule has 5 rings (SSSR count). The molecule has 0 saturated carbocycles. The number of rotatable bonds is 9. The van der Waals surface area contributed by atoms with E-state index in [9.17, 15) is 18.3 Å². The summed E-state index contributed by atoms with van der Waals surface area (Å²) in [4.78, 5) is 13.9. The Hall–Kier alpha value is -3.66. The summed E-state index contributed by atoms with van der Waals surface area (Å²) in [6.45, 7) is 5.62. The largest absolute Gasteiger partial charge is 0.475 e. The van der Waals surface area contributed by atoms with E-state index in [0.29, 0.717) is 29.5 Å². The van der Waals surface area contributed by atoms with Crippen molar-refractivity contribution in [2.75, 3.05) is 37.6 Å². The molecule has 0 bridgehead atoms. The van der Waals surface area contributed by atoms with Crippen LogP contribution in [-0.2, 0) is 23.0 Å². The first-order chi connectivity index (χ1) is 18.3. The summed E-state index contributed by atoms with van der Waals surface area (Å²) in [5.41, 5.74) is 3.79. The number of furan rings is 1. The van der Waals surface area contributed by atoms with Crippen molar-refractivity contribution in [3.63, 3.8) is 0 Å². The molecule has 1 fully saturated rings. The zero-order valence-electron chi connectivity index (χ0n) is 21.3. The van der Waals surface area contributed by atoms with Crippen LogP contribution in [0.3, 0.4) is 0 Å². The number of carbonyl (C=O) groups is 1. The number of anilines is 1. The van der Waals surface area contributed by atoms with Gasteiger partial charge in [0.05, 0.1) is 4.90 Å². The standard InChI is InChI=1S/C29H31N3O5S/c1-21-25-19-24(11-12-27(25)37-28(21)29(33)34)38(35,36)32(16-13-22-7-3-2-4-8-22)20-23-9-5-6-10-26(23)31-17-14-30-15-18-31/h2-12,19,30H,13-18,20H2,1H3,(H,33,34). The third-order valence-electron chi connectivity index (χ3n) is 7.03. The number of piperazine rings is 1. The molecule has 3 aromatic carbocycles. The van der Waals surface area contributed by atoms with Crippen LogP contribution >= 0.6 is 0 Å². The molecule has 0 spiro atoms. The van der Waals surface area contributed by atoms with Crippen molar-refractivity contribution in [1.82, 2.24) is 9.62 Å². The topological polar surface area (TPSA) is 103 Å². The van der Waals surface area contributed by atoms with E-state index < -0.39 is 16.0 Å². The molecule has 8 nitrogen and oxygen atoms in total. The Labute approximate surface area is 222 Å². The first kappa shape index (κ1) is 26.0. The van der Waals surface area contributed by atoms with Crippen molar-refractivity contribution in [2.24, 2.45) is 0 Å². The fraction of sp³-hybridized carbons (Fsp3) is 0.276. The molecule has 0 atom stereocenters. The van der Waals surface area contributed by atoms with Gasteiger partial charge in [-0.05, 0) is 48.7 Å². The van der Waals surface area contributed by atoms with Crippen molar-refractivity contribution in [3.05, 3.63) is 95.2 Å². The third-order valence-corrected chi connectivity index (χ3v) is 8.87. The Morgan fingerprint density at radius 2 is 1.74 bits per heavy atom. The summed E-state index contributed by atoms with van der Waals surface area (Å²) < 4.78 is 35.2. The maximum atomic E-state index is 14.1. The van der Waals surface area contributed by atoms with Crippen LogP contribution in [0.15, 0.2) is 82.1 Å². The summed E-state index contributed by atoms with van der Waals surface area (Å²) in [5, 5.41) is 13.3. The normalized spacial score (nSPS) is 14.3. The molecule has 1 saturated heterocycles. The van der Waals surface area contributed by atoms with E-state index in [0.717, 1.165) is 43.0 Å². The zero-order valence-corrected chi connectivity index (χ0v) is 22.1. The molecule has 0 radical (unpaired) electrons. The first-order valence-corrected chi connectivity index (χ1v) is 14.1. The minimum Gasteiger partial charge on any atom is -0.475 e. The number of carboxylic acid groups (broad SMARTS) is 1. The number of nitrogens with one attached hydrogen (secondary N) is 1. The number of carboxylic acids is 1. The lowest BCUT2D eigenvalue weighted by Gasteiger charge is -2.32. The predicted octanol–water partition coefficient (Wildman–Crippen LogP) is 4.28. The van der Waals surface area contributed by atoms with E-state index in [2.05, 4.69) is 16.3 Å². The summed E-state index contributed by atoms with van der Waals surface area (Å²) >= 11 is 0. The molecule has 1 aromatic heterocycles. The Bertz CT molecular complexity index is 1540. The third kappa shape index (κ3) is 5.31. The molecule has 38 heavy (non-hydrogen) atoms. The van der Waals surface area contributed by atoms with E-state index >= 15 is 0 Å². The van der Waals surface area contributed by atoms with Gasteiger partial charge in [0.15, 0.2) is 0 Å². The first-order valence-electron chi connectivity index (χ1n) is 12.7. The van der Waals surface area contributed by atoms with E-state index in [-0.39, 0.29) is 17.2 Å². The smallest absolute Gasteiger partial charge is 0.372 e. The van der Waals surface area contributed by atoms with E-state index in [1.165, 1.54) is 22.5 Å². The highest BCUT2D eigenvalue weighted by molar-refractivity contribution is 7.89. The highest BCUT2D eigenvalue weighted by Gasteiger charge is 2.28. The molecule has 2 heterocycles. The predicted molar refractivity (Wildman–Crippen MR) is 147 cm³/mol. The molecular weight excluding hydrogens is 502 g/mol. The van der Waals surface area contributed by atoms with E-state index in [4.69, 9.17) is 4.42 Å². The van der Waals surface area contributed by atoms with Crippen LogP contribution in [0.1, 0.15) is 27.2 Å². The van der Waals surface area contributed by atoms with Gasteiger partial charge in [-0.3, -0.25) is 0 Å². The maximum absolute atomic E-state index is 14.1. The highest BCUT2D eigenvalue weighted by atomic mass is 32.2. The molecule has 1 aliphatic heterocycles. The van der Waals surface area contributed by atoms with Crippen LogP contribution in [-0.4, -0.2) is 56.5 Å². The Balaban J connectivity index is 1.52. The number of hydrogen-bond donors (Lipinski definition) is 2. The SMILES string of the molecule is Cc1c(C(=O)O)oc2ccc(S(=O)(=O)N(CCc3ccccc3)Cc3ccccc3N3CCNCC3)cc12. The molecular formula is C29H31N3O5S. The van der Waals surface area contributed by atoms with Gasteiger partial charge in [-0.15, -0.1) is 0 Å². The van der Waals surface area contributed by atoms with Crippen LogP contribution in [0, 0.1) is 6.92 Å². The lowest BCUT2D eigenvalue weighted by Crippen LogP contribution is -2.44. The van der Waals surface area contributed by atoms with E-state index in [1.807, 2.05) is 48.5 Å². The number of benzene rings is 3. The zero-order chi connectivity index (χ0) is 26.7. The Morgan fingerprint density at radius 1 is 1.03 bits per heavy atom. The van der Waals surface area contributed by atoms with Gasteiger partial charge in [0, 0.05) is 55.9 Å². The summed E-state index contributed by atoms with van der Waals surface area (Å²) in [7, 11) is -3.92. The fourth-order valence-corrected chi connectivity index (χ4v) is 6.39. The second-order valence-electron chi connectivity index (χ2n) is 9.46. The van der Waals surface area contributed by atoms with Crippen LogP contribution in [0.5, 0.6) is 0 Å². The molecule has 1 aliphatic rings. The van der Waals surface area contributed by atoms with Crippen LogP contribution < -0.4 is 10.2 Å². The van der Waals surface area contributed by atoms with E-state index in [1.54, 1.807) is 6.92 Å². The van der Waals surface area contributed by atoms with Crippen LogP contribution in [0.2, 0.25) is 0 Å². The van der Waals surface area contributed by atoms with Crippen LogP contribution in [0.25, 0.3) is 11.0 Å². The lowest BCUT2D eigenvalue weighted by molar-refractivity contribution is 0.0664.